The summed E-state index contributed by atoms with van der Waals surface area (Å²) in [6.45, 7) is 5.99. The smallest absolute Gasteiger partial charge is 0.252 e. The molecule has 3 aromatic carbocycles. The van der Waals surface area contributed by atoms with Crippen LogP contribution in [0.1, 0.15) is 47.5 Å². The van der Waals surface area contributed by atoms with E-state index < -0.39 is 0 Å². The minimum atomic E-state index is -0.0745. The monoisotopic (exact) mass is 522 g/mol. The standard InChI is InChI=1S/C31H34N6O2/c1-4-29(30-33-34-35-37(30)20-24-11-13-27(39-3)14-12-24)36(17-16-23-8-6-5-7-9-23)21-26-19-25-18-22(2)10-15-28(25)32-31(26)38/h5-15,18-19,29H,4,16-17,20-21H2,1-3H3,(H,32,38)/t29-/m1/s1. The molecule has 2 heterocycles. The first-order valence-electron chi connectivity index (χ1n) is 13.3. The Hall–Kier alpha value is -4.30. The minimum absolute atomic E-state index is 0.0660. The molecule has 0 radical (unpaired) electrons. The van der Waals surface area contributed by atoms with E-state index in [1.165, 1.54) is 5.56 Å². The highest BCUT2D eigenvalue weighted by atomic mass is 16.5. The molecule has 0 amide bonds. The number of pyridine rings is 1. The lowest BCUT2D eigenvalue weighted by Gasteiger charge is -2.30. The van der Waals surface area contributed by atoms with Crippen LogP contribution < -0.4 is 10.3 Å². The number of aromatic amines is 1. The number of nitrogens with zero attached hydrogens (tertiary/aromatic N) is 5. The van der Waals surface area contributed by atoms with Crippen molar-refractivity contribution in [2.45, 2.75) is 45.8 Å². The molecule has 8 heteroatoms. The fourth-order valence-corrected chi connectivity index (χ4v) is 5.04. The topological polar surface area (TPSA) is 88.9 Å². The number of rotatable bonds is 11. The number of nitrogens with one attached hydrogen (secondary N) is 1. The van der Waals surface area contributed by atoms with Gasteiger partial charge in [-0.3, -0.25) is 9.69 Å². The maximum Gasteiger partial charge on any atom is 0.252 e. The quantitative estimate of drug-likeness (QED) is 0.260. The van der Waals surface area contributed by atoms with Gasteiger partial charge in [-0.05, 0) is 77.0 Å². The van der Waals surface area contributed by atoms with E-state index in [1.807, 2.05) is 53.2 Å². The zero-order valence-corrected chi connectivity index (χ0v) is 22.7. The number of benzene rings is 3. The molecule has 0 spiro atoms. The van der Waals surface area contributed by atoms with Crippen molar-refractivity contribution < 1.29 is 4.74 Å². The van der Waals surface area contributed by atoms with Gasteiger partial charge < -0.3 is 9.72 Å². The van der Waals surface area contributed by atoms with Gasteiger partial charge in [-0.2, -0.15) is 0 Å². The Labute approximate surface area is 228 Å². The second-order valence-electron chi connectivity index (χ2n) is 9.89. The van der Waals surface area contributed by atoms with Crippen molar-refractivity contribution in [2.24, 2.45) is 0 Å². The van der Waals surface area contributed by atoms with Crippen molar-refractivity contribution in [3.63, 3.8) is 0 Å². The zero-order valence-electron chi connectivity index (χ0n) is 22.7. The number of tetrazole rings is 1. The Balaban J connectivity index is 1.47. The summed E-state index contributed by atoms with van der Waals surface area (Å²) < 4.78 is 7.16. The maximum absolute atomic E-state index is 13.1. The highest BCUT2D eigenvalue weighted by Crippen LogP contribution is 2.26. The van der Waals surface area contributed by atoms with Crippen molar-refractivity contribution >= 4 is 10.9 Å². The van der Waals surface area contributed by atoms with Crippen LogP contribution >= 0.6 is 0 Å². The average Bonchev–Trinajstić information content (AvgIpc) is 3.41. The van der Waals surface area contributed by atoms with E-state index in [0.717, 1.165) is 58.6 Å². The first-order valence-corrected chi connectivity index (χ1v) is 13.3. The van der Waals surface area contributed by atoms with E-state index >= 15 is 0 Å². The first kappa shape index (κ1) is 26.3. The summed E-state index contributed by atoms with van der Waals surface area (Å²) in [5, 5.41) is 13.9. The molecule has 1 atom stereocenters. The molecule has 0 saturated heterocycles. The fraction of sp³-hybridized carbons (Fsp3) is 0.290. The number of hydrogen-bond donors (Lipinski definition) is 1. The lowest BCUT2D eigenvalue weighted by Crippen LogP contribution is -2.34. The van der Waals surface area contributed by atoms with Crippen LogP contribution in [0.5, 0.6) is 5.75 Å². The van der Waals surface area contributed by atoms with Gasteiger partial charge >= 0.3 is 0 Å². The molecule has 0 aliphatic heterocycles. The van der Waals surface area contributed by atoms with Gasteiger partial charge in [0.15, 0.2) is 5.82 Å². The molecule has 0 fully saturated rings. The Bertz CT molecular complexity index is 1580. The molecule has 0 aliphatic carbocycles. The SMILES string of the molecule is CC[C@H](c1nnnn1Cc1ccc(OC)cc1)N(CCc1ccccc1)Cc1cc2cc(C)ccc2[nH]c1=O. The molecule has 0 aliphatic rings. The number of methoxy groups -OCH3 is 1. The summed E-state index contributed by atoms with van der Waals surface area (Å²) >= 11 is 0. The number of aromatic nitrogens is 5. The molecule has 39 heavy (non-hydrogen) atoms. The highest BCUT2D eigenvalue weighted by Gasteiger charge is 2.26. The van der Waals surface area contributed by atoms with Crippen LogP contribution in [0.3, 0.4) is 0 Å². The van der Waals surface area contributed by atoms with Gasteiger partial charge in [-0.15, -0.1) is 5.10 Å². The van der Waals surface area contributed by atoms with Crippen molar-refractivity contribution in [3.05, 3.63) is 117 Å². The van der Waals surface area contributed by atoms with Crippen LogP contribution in [0.2, 0.25) is 0 Å². The van der Waals surface area contributed by atoms with Gasteiger partial charge in [0.2, 0.25) is 0 Å². The molecule has 0 bridgehead atoms. The normalized spacial score (nSPS) is 12.2. The van der Waals surface area contributed by atoms with Crippen LogP contribution in [0, 0.1) is 6.92 Å². The lowest BCUT2D eigenvalue weighted by atomic mass is 10.1. The Kier molecular flexibility index (Phi) is 8.13. The van der Waals surface area contributed by atoms with Gasteiger partial charge in [-0.1, -0.05) is 61.0 Å². The van der Waals surface area contributed by atoms with Crippen LogP contribution in [-0.4, -0.2) is 43.7 Å². The number of H-pyrrole nitrogens is 1. The largest absolute Gasteiger partial charge is 0.497 e. The van der Waals surface area contributed by atoms with Crippen molar-refractivity contribution in [1.29, 1.82) is 0 Å². The number of aryl methyl sites for hydroxylation is 1. The number of fused-ring (bicyclic) bond motifs is 1. The molecule has 2 aromatic heterocycles. The molecule has 8 nitrogen and oxygen atoms in total. The molecule has 1 N–H and O–H groups in total. The summed E-state index contributed by atoms with van der Waals surface area (Å²) in [4.78, 5) is 18.5. The van der Waals surface area contributed by atoms with Crippen molar-refractivity contribution in [3.8, 4) is 5.75 Å². The second kappa shape index (κ2) is 12.0. The van der Waals surface area contributed by atoms with Crippen LogP contribution in [0.4, 0.5) is 0 Å². The zero-order chi connectivity index (χ0) is 27.2. The highest BCUT2D eigenvalue weighted by molar-refractivity contribution is 5.79. The fourth-order valence-electron chi connectivity index (χ4n) is 5.04. The summed E-state index contributed by atoms with van der Waals surface area (Å²) in [7, 11) is 1.66. The van der Waals surface area contributed by atoms with E-state index in [-0.39, 0.29) is 11.6 Å². The summed E-state index contributed by atoms with van der Waals surface area (Å²) in [5.74, 6) is 1.60. The molecule has 200 valence electrons. The molecule has 5 rings (SSSR count). The van der Waals surface area contributed by atoms with E-state index in [9.17, 15) is 4.79 Å². The van der Waals surface area contributed by atoms with E-state index in [1.54, 1.807) is 7.11 Å². The third-order valence-corrected chi connectivity index (χ3v) is 7.16. The molecule has 0 saturated carbocycles. The molecular weight excluding hydrogens is 488 g/mol. The Morgan fingerprint density at radius 2 is 1.79 bits per heavy atom. The summed E-state index contributed by atoms with van der Waals surface area (Å²) in [5.41, 5.74) is 5.00. The van der Waals surface area contributed by atoms with Gasteiger partial charge in [0.1, 0.15) is 5.75 Å². The predicted octanol–water partition coefficient (Wildman–Crippen LogP) is 5.08. The van der Waals surface area contributed by atoms with Gasteiger partial charge in [0.05, 0.1) is 19.7 Å². The third kappa shape index (κ3) is 6.23. The first-order chi connectivity index (χ1) is 19.0. The van der Waals surface area contributed by atoms with Crippen LogP contribution in [0.15, 0.2) is 83.7 Å². The maximum atomic E-state index is 13.1. The molecule has 5 aromatic rings. The lowest BCUT2D eigenvalue weighted by molar-refractivity contribution is 0.172. The van der Waals surface area contributed by atoms with E-state index in [2.05, 4.69) is 69.6 Å². The summed E-state index contributed by atoms with van der Waals surface area (Å²) in [6, 6.07) is 26.4. The second-order valence-corrected chi connectivity index (χ2v) is 9.89. The van der Waals surface area contributed by atoms with Crippen molar-refractivity contribution in [1.82, 2.24) is 30.1 Å². The Morgan fingerprint density at radius 1 is 1.00 bits per heavy atom. The average molecular weight is 523 g/mol. The molecular formula is C31H34N6O2. The Morgan fingerprint density at radius 3 is 2.54 bits per heavy atom. The predicted molar refractivity (Wildman–Crippen MR) is 153 cm³/mol. The van der Waals surface area contributed by atoms with Crippen molar-refractivity contribution in [2.75, 3.05) is 13.7 Å². The summed E-state index contributed by atoms with van der Waals surface area (Å²) in [6.07, 6.45) is 1.64. The van der Waals surface area contributed by atoms with Crippen LogP contribution in [0.25, 0.3) is 10.9 Å². The third-order valence-electron chi connectivity index (χ3n) is 7.16. The van der Waals surface area contributed by atoms with Gasteiger partial charge in [-0.25, -0.2) is 4.68 Å². The van der Waals surface area contributed by atoms with E-state index in [0.29, 0.717) is 13.1 Å². The van der Waals surface area contributed by atoms with Crippen LogP contribution in [-0.2, 0) is 19.5 Å². The molecule has 0 unspecified atom stereocenters. The van der Waals surface area contributed by atoms with Gasteiger partial charge in [0.25, 0.3) is 5.56 Å². The number of hydrogen-bond acceptors (Lipinski definition) is 6. The minimum Gasteiger partial charge on any atom is -0.497 e. The van der Waals surface area contributed by atoms with Gasteiger partial charge in [0, 0.05) is 24.2 Å². The van der Waals surface area contributed by atoms with E-state index in [4.69, 9.17) is 4.74 Å². The number of ether oxygens (including phenoxy) is 1.